The van der Waals surface area contributed by atoms with E-state index in [-0.39, 0.29) is 11.5 Å². The number of nitrogens with two attached hydrogens (primary N) is 1. The molecular weight excluding hydrogens is 282 g/mol. The van der Waals surface area contributed by atoms with Crippen LogP contribution in [0.4, 0.5) is 0 Å². The number of aromatic nitrogens is 2. The Balaban J connectivity index is 2.21. The second kappa shape index (κ2) is 5.62. The highest BCUT2D eigenvalue weighted by atomic mass is 35.5. The molecule has 2 atom stereocenters. The van der Waals surface area contributed by atoms with E-state index < -0.39 is 0 Å². The third-order valence-corrected chi connectivity index (χ3v) is 5.26. The van der Waals surface area contributed by atoms with Crippen LogP contribution in [0.3, 0.4) is 0 Å². The van der Waals surface area contributed by atoms with Crippen LogP contribution in [0.15, 0.2) is 18.2 Å². The largest absolute Gasteiger partial charge is 0.327 e. The summed E-state index contributed by atoms with van der Waals surface area (Å²) in [6, 6.07) is 6.15. The van der Waals surface area contributed by atoms with Crippen molar-refractivity contribution in [2.24, 2.45) is 5.73 Å². The number of nitrogens with zero attached hydrogens (tertiary/aromatic N) is 2. The van der Waals surface area contributed by atoms with Crippen molar-refractivity contribution in [2.75, 3.05) is 0 Å². The van der Waals surface area contributed by atoms with Gasteiger partial charge in [0.1, 0.15) is 5.82 Å². The van der Waals surface area contributed by atoms with Crippen LogP contribution in [0.1, 0.15) is 51.8 Å². The van der Waals surface area contributed by atoms with E-state index in [9.17, 15) is 0 Å². The molecule has 0 saturated heterocycles. The Morgan fingerprint density at radius 3 is 2.95 bits per heavy atom. The summed E-state index contributed by atoms with van der Waals surface area (Å²) in [6.45, 7) is 5.41. The molecule has 0 spiro atoms. The van der Waals surface area contributed by atoms with E-state index in [0.29, 0.717) is 0 Å². The molecule has 0 aliphatic heterocycles. The van der Waals surface area contributed by atoms with E-state index in [1.807, 2.05) is 12.1 Å². The number of benzene rings is 1. The second-order valence-electron chi connectivity index (χ2n) is 6.46. The Labute approximate surface area is 131 Å². The molecule has 1 aliphatic rings. The van der Waals surface area contributed by atoms with Gasteiger partial charge in [-0.25, -0.2) is 4.98 Å². The van der Waals surface area contributed by atoms with Crippen LogP contribution in [-0.2, 0) is 12.0 Å². The van der Waals surface area contributed by atoms with Gasteiger partial charge in [-0.15, -0.1) is 0 Å². The minimum atomic E-state index is -0.0459. The topological polar surface area (TPSA) is 43.8 Å². The molecule has 2 unspecified atom stereocenters. The van der Waals surface area contributed by atoms with Crippen molar-refractivity contribution in [2.45, 2.75) is 64.0 Å². The first-order valence-electron chi connectivity index (χ1n) is 7.98. The summed E-state index contributed by atoms with van der Waals surface area (Å²) >= 11 is 6.44. The molecule has 3 nitrogen and oxygen atoms in total. The first-order chi connectivity index (χ1) is 10.1. The van der Waals surface area contributed by atoms with Crippen molar-refractivity contribution >= 4 is 22.6 Å². The van der Waals surface area contributed by atoms with Gasteiger partial charge in [0.2, 0.25) is 0 Å². The Morgan fingerprint density at radius 1 is 1.43 bits per heavy atom. The number of hydrogen-bond acceptors (Lipinski definition) is 2. The average Bonchev–Trinajstić information content (AvgIpc) is 2.84. The number of rotatable bonds is 3. The van der Waals surface area contributed by atoms with Gasteiger partial charge in [0.25, 0.3) is 0 Å². The Morgan fingerprint density at radius 2 is 2.24 bits per heavy atom. The van der Waals surface area contributed by atoms with Gasteiger partial charge in [-0.2, -0.15) is 0 Å². The molecule has 2 N–H and O–H groups in total. The summed E-state index contributed by atoms with van der Waals surface area (Å²) in [7, 11) is 0. The Bertz CT molecular complexity index is 649. The Hall–Kier alpha value is -1.06. The molecule has 114 valence electrons. The summed E-state index contributed by atoms with van der Waals surface area (Å²) < 4.78 is 2.31. The highest BCUT2D eigenvalue weighted by Crippen LogP contribution is 2.40. The molecule has 1 aliphatic carbocycles. The van der Waals surface area contributed by atoms with Crippen LogP contribution in [0, 0.1) is 0 Å². The van der Waals surface area contributed by atoms with Crippen molar-refractivity contribution < 1.29 is 0 Å². The van der Waals surface area contributed by atoms with E-state index in [2.05, 4.69) is 24.5 Å². The second-order valence-corrected chi connectivity index (χ2v) is 6.87. The smallest absolute Gasteiger partial charge is 0.117 e. The fraction of sp³-hybridized carbons (Fsp3) is 0.588. The van der Waals surface area contributed by atoms with Crippen molar-refractivity contribution in [3.8, 4) is 0 Å². The summed E-state index contributed by atoms with van der Waals surface area (Å²) in [5.41, 5.74) is 8.49. The van der Waals surface area contributed by atoms with Gasteiger partial charge >= 0.3 is 0 Å². The zero-order valence-electron chi connectivity index (χ0n) is 12.9. The van der Waals surface area contributed by atoms with Crippen LogP contribution < -0.4 is 5.73 Å². The van der Waals surface area contributed by atoms with Gasteiger partial charge in [-0.1, -0.05) is 44.4 Å². The van der Waals surface area contributed by atoms with Crippen LogP contribution >= 0.6 is 11.6 Å². The molecule has 1 aromatic carbocycles. The zero-order valence-corrected chi connectivity index (χ0v) is 13.7. The number of hydrogen-bond donors (Lipinski definition) is 1. The highest BCUT2D eigenvalue weighted by Gasteiger charge is 2.40. The summed E-state index contributed by atoms with van der Waals surface area (Å²) in [5.74, 6) is 1.12. The Kier molecular flexibility index (Phi) is 3.98. The van der Waals surface area contributed by atoms with Crippen molar-refractivity contribution in [1.82, 2.24) is 9.55 Å². The van der Waals surface area contributed by atoms with Crippen molar-refractivity contribution in [3.05, 3.63) is 29.0 Å². The SMILES string of the molecule is CCCn1c(C2(C)CCCCC2N)nc2cccc(Cl)c21. The van der Waals surface area contributed by atoms with Gasteiger partial charge in [-0.05, 0) is 31.4 Å². The van der Waals surface area contributed by atoms with Gasteiger partial charge in [-0.3, -0.25) is 0 Å². The third-order valence-electron chi connectivity index (χ3n) is 4.96. The van der Waals surface area contributed by atoms with Crippen LogP contribution in [0.25, 0.3) is 11.0 Å². The fourth-order valence-electron chi connectivity index (χ4n) is 3.66. The van der Waals surface area contributed by atoms with Gasteiger partial charge in [0.05, 0.1) is 16.1 Å². The lowest BCUT2D eigenvalue weighted by Crippen LogP contribution is -2.47. The third kappa shape index (κ3) is 2.36. The fourth-order valence-corrected chi connectivity index (χ4v) is 3.93. The van der Waals surface area contributed by atoms with E-state index in [1.165, 1.54) is 12.8 Å². The van der Waals surface area contributed by atoms with Crippen molar-refractivity contribution in [3.63, 3.8) is 0 Å². The molecular formula is C17H24ClN3. The summed E-state index contributed by atoms with van der Waals surface area (Å²) in [4.78, 5) is 4.94. The summed E-state index contributed by atoms with van der Waals surface area (Å²) in [6.07, 6.45) is 5.71. The molecule has 0 amide bonds. The zero-order chi connectivity index (χ0) is 15.0. The maximum absolute atomic E-state index is 6.48. The predicted molar refractivity (Wildman–Crippen MR) is 88.8 cm³/mol. The minimum Gasteiger partial charge on any atom is -0.327 e. The van der Waals surface area contributed by atoms with E-state index >= 15 is 0 Å². The van der Waals surface area contributed by atoms with Gasteiger partial charge in [0, 0.05) is 18.0 Å². The monoisotopic (exact) mass is 305 g/mol. The van der Waals surface area contributed by atoms with Gasteiger partial charge < -0.3 is 10.3 Å². The normalized spacial score (nSPS) is 26.4. The standard InChI is InChI=1S/C17H24ClN3/c1-3-11-21-15-12(18)7-6-8-13(15)20-16(21)17(2)10-5-4-9-14(17)19/h6-8,14H,3-5,9-11,19H2,1-2H3. The number of halogens is 1. The predicted octanol–water partition coefficient (Wildman–Crippen LogP) is 4.26. The number of fused-ring (bicyclic) bond motifs is 1. The lowest BCUT2D eigenvalue weighted by molar-refractivity contribution is 0.252. The molecule has 1 aromatic heterocycles. The molecule has 0 bridgehead atoms. The molecule has 3 rings (SSSR count). The maximum Gasteiger partial charge on any atom is 0.117 e. The highest BCUT2D eigenvalue weighted by molar-refractivity contribution is 6.35. The molecule has 1 heterocycles. The summed E-state index contributed by atoms with van der Waals surface area (Å²) in [5, 5.41) is 0.785. The minimum absolute atomic E-state index is 0.0459. The quantitative estimate of drug-likeness (QED) is 0.921. The number of aryl methyl sites for hydroxylation is 1. The van der Waals surface area contributed by atoms with Crippen LogP contribution in [-0.4, -0.2) is 15.6 Å². The van der Waals surface area contributed by atoms with Crippen molar-refractivity contribution in [1.29, 1.82) is 0 Å². The first kappa shape index (κ1) is 14.9. The van der Waals surface area contributed by atoms with E-state index in [0.717, 1.165) is 47.7 Å². The number of para-hydroxylation sites is 1. The van der Waals surface area contributed by atoms with E-state index in [4.69, 9.17) is 22.3 Å². The molecule has 21 heavy (non-hydrogen) atoms. The molecule has 4 heteroatoms. The number of imidazole rings is 1. The lowest BCUT2D eigenvalue weighted by Gasteiger charge is -2.39. The van der Waals surface area contributed by atoms with E-state index in [1.54, 1.807) is 0 Å². The van der Waals surface area contributed by atoms with Gasteiger partial charge in [0.15, 0.2) is 0 Å². The van der Waals surface area contributed by atoms with Crippen LogP contribution in [0.2, 0.25) is 5.02 Å². The first-order valence-corrected chi connectivity index (χ1v) is 8.36. The molecule has 1 saturated carbocycles. The van der Waals surface area contributed by atoms with Crippen LogP contribution in [0.5, 0.6) is 0 Å². The average molecular weight is 306 g/mol. The molecule has 1 fully saturated rings. The maximum atomic E-state index is 6.48. The lowest BCUT2D eigenvalue weighted by atomic mass is 9.71. The molecule has 2 aromatic rings. The molecule has 0 radical (unpaired) electrons.